The molecule has 2 atom stereocenters. The van der Waals surface area contributed by atoms with Crippen molar-refractivity contribution in [3.63, 3.8) is 0 Å². The van der Waals surface area contributed by atoms with Crippen molar-refractivity contribution in [2.45, 2.75) is 31.5 Å². The number of nitrogens with one attached hydrogen (secondary N) is 1. The minimum absolute atomic E-state index is 0.0730. The van der Waals surface area contributed by atoms with Gasteiger partial charge in [0.1, 0.15) is 5.75 Å². The molecule has 1 fully saturated rings. The number of halogens is 3. The van der Waals surface area contributed by atoms with E-state index in [1.165, 1.54) is 12.1 Å². The number of carboxylic acids is 1. The summed E-state index contributed by atoms with van der Waals surface area (Å²) in [6.07, 6.45) is -2.72. The van der Waals surface area contributed by atoms with Crippen molar-refractivity contribution in [1.82, 2.24) is 5.32 Å². The molecule has 1 aliphatic rings. The van der Waals surface area contributed by atoms with Crippen molar-refractivity contribution < 1.29 is 32.6 Å². The van der Waals surface area contributed by atoms with Gasteiger partial charge < -0.3 is 15.2 Å². The number of rotatable bonds is 5. The van der Waals surface area contributed by atoms with E-state index in [9.17, 15) is 22.8 Å². The van der Waals surface area contributed by atoms with E-state index in [-0.39, 0.29) is 5.75 Å². The van der Waals surface area contributed by atoms with E-state index in [2.05, 4.69) is 5.32 Å². The number of carboxylic acid groups (broad SMARTS) is 1. The Bertz CT molecular complexity index is 588. The van der Waals surface area contributed by atoms with Gasteiger partial charge in [-0.2, -0.15) is 13.2 Å². The van der Waals surface area contributed by atoms with Crippen LogP contribution in [0.4, 0.5) is 13.2 Å². The highest BCUT2D eigenvalue weighted by atomic mass is 19.4. The van der Waals surface area contributed by atoms with Gasteiger partial charge in [-0.3, -0.25) is 9.59 Å². The fourth-order valence-electron chi connectivity index (χ4n) is 2.59. The molecule has 0 aliphatic heterocycles. The molecule has 2 rings (SSSR count). The van der Waals surface area contributed by atoms with Gasteiger partial charge in [0.2, 0.25) is 0 Å². The first kappa shape index (κ1) is 17.1. The number of amides is 1. The molecule has 0 bridgehead atoms. The number of benzene rings is 1. The zero-order chi connectivity index (χ0) is 17.0. The average Bonchev–Trinajstić information content (AvgIpc) is 2.93. The van der Waals surface area contributed by atoms with E-state index in [0.29, 0.717) is 19.3 Å². The topological polar surface area (TPSA) is 75.6 Å². The predicted octanol–water partition coefficient (Wildman–Crippen LogP) is 2.45. The Morgan fingerprint density at radius 1 is 1.30 bits per heavy atom. The van der Waals surface area contributed by atoms with E-state index >= 15 is 0 Å². The van der Waals surface area contributed by atoms with Crippen LogP contribution in [0.3, 0.4) is 0 Å². The van der Waals surface area contributed by atoms with Crippen LogP contribution in [0.25, 0.3) is 0 Å². The molecule has 1 aliphatic carbocycles. The van der Waals surface area contributed by atoms with E-state index in [0.717, 1.165) is 12.1 Å². The number of carbonyl (C=O) groups excluding carboxylic acids is 1. The van der Waals surface area contributed by atoms with Crippen LogP contribution in [-0.2, 0) is 15.8 Å². The minimum atomic E-state index is -4.49. The summed E-state index contributed by atoms with van der Waals surface area (Å²) in [5.41, 5.74) is -0.864. The standard InChI is InChI=1S/C15H16F3NO4/c16-15(17,18)9-3-1-4-10(7-9)23-8-13(20)19-12-6-2-5-11(12)14(21)22/h1,3-4,7,11-12H,2,5-6,8H2,(H,19,20)(H,21,22)/t11-,12+/m1/s1. The van der Waals surface area contributed by atoms with Crippen molar-refractivity contribution >= 4 is 11.9 Å². The molecule has 0 radical (unpaired) electrons. The van der Waals surface area contributed by atoms with Crippen molar-refractivity contribution in [1.29, 1.82) is 0 Å². The van der Waals surface area contributed by atoms with Gasteiger partial charge in [0.15, 0.2) is 6.61 Å². The smallest absolute Gasteiger partial charge is 0.416 e. The number of alkyl halides is 3. The minimum Gasteiger partial charge on any atom is -0.484 e. The van der Waals surface area contributed by atoms with Gasteiger partial charge in [-0.15, -0.1) is 0 Å². The lowest BCUT2D eigenvalue weighted by molar-refractivity contribution is -0.142. The number of aliphatic carboxylic acids is 1. The summed E-state index contributed by atoms with van der Waals surface area (Å²) >= 11 is 0. The molecule has 1 aromatic carbocycles. The molecule has 0 unspecified atom stereocenters. The lowest BCUT2D eigenvalue weighted by atomic mass is 10.0. The summed E-state index contributed by atoms with van der Waals surface area (Å²) in [6.45, 7) is -0.468. The molecule has 1 amide bonds. The third-order valence-corrected chi connectivity index (χ3v) is 3.71. The average molecular weight is 331 g/mol. The second-order valence-electron chi connectivity index (χ2n) is 5.36. The number of hydrogen-bond acceptors (Lipinski definition) is 3. The van der Waals surface area contributed by atoms with Crippen LogP contribution in [0.2, 0.25) is 0 Å². The van der Waals surface area contributed by atoms with Crippen LogP contribution in [0.15, 0.2) is 24.3 Å². The summed E-state index contributed by atoms with van der Waals surface area (Å²) in [5.74, 6) is -2.23. The zero-order valence-corrected chi connectivity index (χ0v) is 12.1. The zero-order valence-electron chi connectivity index (χ0n) is 12.1. The molecule has 5 nitrogen and oxygen atoms in total. The van der Waals surface area contributed by atoms with Crippen LogP contribution in [-0.4, -0.2) is 29.6 Å². The Hall–Kier alpha value is -2.25. The summed E-state index contributed by atoms with van der Waals surface area (Å²) in [6, 6.07) is 3.75. The van der Waals surface area contributed by atoms with Gasteiger partial charge in [-0.1, -0.05) is 12.5 Å². The maximum atomic E-state index is 12.6. The van der Waals surface area contributed by atoms with Gasteiger partial charge in [0, 0.05) is 6.04 Å². The molecule has 0 spiro atoms. The van der Waals surface area contributed by atoms with E-state index < -0.39 is 42.2 Å². The van der Waals surface area contributed by atoms with Gasteiger partial charge >= 0.3 is 12.1 Å². The molecule has 0 heterocycles. The van der Waals surface area contributed by atoms with Crippen LogP contribution >= 0.6 is 0 Å². The molecular formula is C15H16F3NO4. The molecule has 1 saturated carbocycles. The lowest BCUT2D eigenvalue weighted by Crippen LogP contribution is -2.42. The third kappa shape index (κ3) is 4.61. The van der Waals surface area contributed by atoms with Crippen LogP contribution in [0, 0.1) is 5.92 Å². The van der Waals surface area contributed by atoms with Crippen molar-refractivity contribution in [3.8, 4) is 5.75 Å². The molecule has 0 saturated heterocycles. The second-order valence-corrected chi connectivity index (χ2v) is 5.36. The van der Waals surface area contributed by atoms with Crippen molar-refractivity contribution in [2.75, 3.05) is 6.61 Å². The molecule has 2 N–H and O–H groups in total. The molecule has 126 valence electrons. The SMILES string of the molecule is O=C(COc1cccc(C(F)(F)F)c1)N[C@H]1CCC[C@H]1C(=O)O. The Balaban J connectivity index is 1.88. The summed E-state index contributed by atoms with van der Waals surface area (Å²) in [7, 11) is 0. The summed E-state index contributed by atoms with van der Waals surface area (Å²) < 4.78 is 42.7. The maximum Gasteiger partial charge on any atom is 0.416 e. The predicted molar refractivity (Wildman–Crippen MR) is 73.8 cm³/mol. The van der Waals surface area contributed by atoms with Gasteiger partial charge in [0.25, 0.3) is 5.91 Å². The third-order valence-electron chi connectivity index (χ3n) is 3.71. The number of ether oxygens (including phenoxy) is 1. The highest BCUT2D eigenvalue weighted by molar-refractivity contribution is 5.79. The fourth-order valence-corrected chi connectivity index (χ4v) is 2.59. The highest BCUT2D eigenvalue weighted by Crippen LogP contribution is 2.31. The van der Waals surface area contributed by atoms with E-state index in [1.807, 2.05) is 0 Å². The van der Waals surface area contributed by atoms with E-state index in [4.69, 9.17) is 9.84 Å². The quantitative estimate of drug-likeness (QED) is 0.869. The van der Waals surface area contributed by atoms with Crippen LogP contribution < -0.4 is 10.1 Å². The maximum absolute atomic E-state index is 12.6. The van der Waals surface area contributed by atoms with Crippen molar-refractivity contribution in [2.24, 2.45) is 5.92 Å². The van der Waals surface area contributed by atoms with Crippen LogP contribution in [0.5, 0.6) is 5.75 Å². The first-order valence-corrected chi connectivity index (χ1v) is 7.09. The lowest BCUT2D eigenvalue weighted by Gasteiger charge is -2.17. The molecule has 0 aromatic heterocycles. The molecular weight excluding hydrogens is 315 g/mol. The van der Waals surface area contributed by atoms with Crippen LogP contribution in [0.1, 0.15) is 24.8 Å². The summed E-state index contributed by atoms with van der Waals surface area (Å²) in [5, 5.41) is 11.6. The fraction of sp³-hybridized carbons (Fsp3) is 0.467. The second kappa shape index (κ2) is 6.89. The Morgan fingerprint density at radius 3 is 2.70 bits per heavy atom. The van der Waals surface area contributed by atoms with Gasteiger partial charge in [0.05, 0.1) is 11.5 Å². The van der Waals surface area contributed by atoms with Gasteiger partial charge in [-0.25, -0.2) is 0 Å². The normalized spacial score (nSPS) is 21.0. The Kier molecular flexibility index (Phi) is 5.12. The Morgan fingerprint density at radius 2 is 2.04 bits per heavy atom. The number of hydrogen-bond donors (Lipinski definition) is 2. The first-order valence-electron chi connectivity index (χ1n) is 7.09. The van der Waals surface area contributed by atoms with Gasteiger partial charge in [-0.05, 0) is 31.0 Å². The highest BCUT2D eigenvalue weighted by Gasteiger charge is 2.34. The molecule has 1 aromatic rings. The van der Waals surface area contributed by atoms with E-state index in [1.54, 1.807) is 0 Å². The molecule has 8 heteroatoms. The first-order chi connectivity index (χ1) is 10.8. The number of carbonyl (C=O) groups is 2. The monoisotopic (exact) mass is 331 g/mol. The summed E-state index contributed by atoms with van der Waals surface area (Å²) in [4.78, 5) is 22.8. The molecule has 23 heavy (non-hydrogen) atoms. The largest absolute Gasteiger partial charge is 0.484 e. The Labute approximate surface area is 130 Å². The van der Waals surface area contributed by atoms with Crippen molar-refractivity contribution in [3.05, 3.63) is 29.8 Å².